The standard InChI is InChI=1S/C24H18BrClN4O2S2/c25-15-9-7-14(8-10-15)19-12-17(20-6-3-11-33-20)28-30(19)24(27)34-21-13-22(31)29(23(21)32)18-5-2-1-4-16(18)26/h1-11,19,21,27H,12-13H2/t19-,21-/m1/s1. The molecule has 3 aromatic rings. The van der Waals surface area contributed by atoms with E-state index in [-0.39, 0.29) is 29.4 Å². The number of carbonyl (C=O) groups excluding carboxylic acids is 2. The van der Waals surface area contributed by atoms with E-state index in [1.54, 1.807) is 40.6 Å². The maximum atomic E-state index is 13.1. The van der Waals surface area contributed by atoms with E-state index in [0.717, 1.165) is 37.3 Å². The fraction of sp³-hybridized carbons (Fsp3) is 0.167. The molecule has 10 heteroatoms. The number of rotatable bonds is 4. The molecule has 34 heavy (non-hydrogen) atoms. The average molecular weight is 574 g/mol. The van der Waals surface area contributed by atoms with Crippen molar-refractivity contribution in [2.24, 2.45) is 5.10 Å². The summed E-state index contributed by atoms with van der Waals surface area (Å²) in [6, 6.07) is 18.6. The minimum absolute atomic E-state index is 0.00932. The minimum Gasteiger partial charge on any atom is -0.277 e. The molecule has 0 radical (unpaired) electrons. The first-order valence-electron chi connectivity index (χ1n) is 10.4. The van der Waals surface area contributed by atoms with Crippen LogP contribution in [0, 0.1) is 5.41 Å². The quantitative estimate of drug-likeness (QED) is 0.225. The highest BCUT2D eigenvalue weighted by atomic mass is 79.9. The molecule has 2 aromatic carbocycles. The molecule has 3 heterocycles. The number of amidine groups is 1. The van der Waals surface area contributed by atoms with Gasteiger partial charge in [-0.25, -0.2) is 9.91 Å². The third-order valence-corrected chi connectivity index (χ3v) is 8.46. The van der Waals surface area contributed by atoms with Gasteiger partial charge in [0.1, 0.15) is 5.25 Å². The number of hydrogen-bond acceptors (Lipinski definition) is 6. The first-order chi connectivity index (χ1) is 16.4. The van der Waals surface area contributed by atoms with Crippen molar-refractivity contribution in [2.75, 3.05) is 4.90 Å². The van der Waals surface area contributed by atoms with Crippen LogP contribution in [-0.2, 0) is 9.59 Å². The molecule has 0 spiro atoms. The molecule has 2 amide bonds. The first-order valence-corrected chi connectivity index (χ1v) is 13.4. The Morgan fingerprint density at radius 3 is 2.56 bits per heavy atom. The van der Waals surface area contributed by atoms with Gasteiger partial charge < -0.3 is 0 Å². The molecule has 172 valence electrons. The van der Waals surface area contributed by atoms with Gasteiger partial charge in [-0.3, -0.25) is 15.0 Å². The lowest BCUT2D eigenvalue weighted by Gasteiger charge is -2.24. The van der Waals surface area contributed by atoms with Crippen LogP contribution in [0.5, 0.6) is 0 Å². The fourth-order valence-corrected chi connectivity index (χ4v) is 6.19. The zero-order valence-electron chi connectivity index (χ0n) is 17.7. The van der Waals surface area contributed by atoms with Gasteiger partial charge in [0, 0.05) is 17.3 Å². The lowest BCUT2D eigenvalue weighted by molar-refractivity contribution is -0.121. The number of thiophene rings is 1. The lowest BCUT2D eigenvalue weighted by atomic mass is 10.0. The summed E-state index contributed by atoms with van der Waals surface area (Å²) in [6.45, 7) is 0. The van der Waals surface area contributed by atoms with Crippen molar-refractivity contribution in [3.63, 3.8) is 0 Å². The average Bonchev–Trinajstić information content (AvgIpc) is 3.55. The second kappa shape index (κ2) is 9.65. The molecule has 0 saturated carbocycles. The highest BCUT2D eigenvalue weighted by Gasteiger charge is 2.43. The van der Waals surface area contributed by atoms with Crippen molar-refractivity contribution in [2.45, 2.75) is 24.1 Å². The van der Waals surface area contributed by atoms with Gasteiger partial charge in [-0.2, -0.15) is 5.10 Å². The molecule has 0 unspecified atom stereocenters. The number of para-hydroxylation sites is 1. The van der Waals surface area contributed by atoms with E-state index in [4.69, 9.17) is 22.1 Å². The number of benzene rings is 2. The molecule has 5 rings (SSSR count). The Kier molecular flexibility index (Phi) is 6.61. The fourth-order valence-electron chi connectivity index (χ4n) is 4.00. The Hall–Kier alpha value is -2.46. The molecular weight excluding hydrogens is 556 g/mol. The van der Waals surface area contributed by atoms with Gasteiger partial charge >= 0.3 is 0 Å². The van der Waals surface area contributed by atoms with Crippen LogP contribution in [0.3, 0.4) is 0 Å². The molecule has 0 bridgehead atoms. The van der Waals surface area contributed by atoms with E-state index in [0.29, 0.717) is 17.1 Å². The Balaban J connectivity index is 1.39. The van der Waals surface area contributed by atoms with Crippen LogP contribution in [0.15, 0.2) is 75.6 Å². The number of nitrogens with zero attached hydrogens (tertiary/aromatic N) is 3. The van der Waals surface area contributed by atoms with Crippen molar-refractivity contribution >= 4 is 79.0 Å². The monoisotopic (exact) mass is 572 g/mol. The minimum atomic E-state index is -0.706. The summed E-state index contributed by atoms with van der Waals surface area (Å²) in [5, 5.41) is 17.0. The maximum Gasteiger partial charge on any atom is 0.247 e. The maximum absolute atomic E-state index is 13.1. The summed E-state index contributed by atoms with van der Waals surface area (Å²) in [6.07, 6.45) is 0.657. The summed E-state index contributed by atoms with van der Waals surface area (Å²) in [5.41, 5.74) is 2.30. The largest absolute Gasteiger partial charge is 0.277 e. The molecule has 1 saturated heterocycles. The van der Waals surface area contributed by atoms with E-state index < -0.39 is 5.25 Å². The Morgan fingerprint density at radius 2 is 1.85 bits per heavy atom. The van der Waals surface area contributed by atoms with Crippen molar-refractivity contribution in [3.8, 4) is 0 Å². The van der Waals surface area contributed by atoms with Crippen LogP contribution >= 0.6 is 50.6 Å². The molecule has 2 aliphatic heterocycles. The highest BCUT2D eigenvalue weighted by Crippen LogP contribution is 2.39. The molecule has 0 aliphatic carbocycles. The summed E-state index contributed by atoms with van der Waals surface area (Å²) >= 11 is 12.4. The normalized spacial score (nSPS) is 20.2. The van der Waals surface area contributed by atoms with Crippen LogP contribution in [0.25, 0.3) is 0 Å². The third-order valence-electron chi connectivity index (χ3n) is 5.63. The number of imide groups is 1. The zero-order chi connectivity index (χ0) is 23.8. The summed E-state index contributed by atoms with van der Waals surface area (Å²) in [7, 11) is 0. The Bertz CT molecular complexity index is 1300. The van der Waals surface area contributed by atoms with Crippen LogP contribution in [0.4, 0.5) is 5.69 Å². The van der Waals surface area contributed by atoms with Crippen LogP contribution in [0.1, 0.15) is 29.3 Å². The second-order valence-electron chi connectivity index (χ2n) is 7.77. The van der Waals surface area contributed by atoms with Crippen molar-refractivity contribution < 1.29 is 9.59 Å². The highest BCUT2D eigenvalue weighted by molar-refractivity contribution is 9.10. The number of hydrazone groups is 1. The lowest BCUT2D eigenvalue weighted by Crippen LogP contribution is -2.32. The molecule has 2 atom stereocenters. The van der Waals surface area contributed by atoms with Gasteiger partial charge in [0.25, 0.3) is 0 Å². The van der Waals surface area contributed by atoms with Gasteiger partial charge in [-0.15, -0.1) is 11.3 Å². The van der Waals surface area contributed by atoms with E-state index in [9.17, 15) is 9.59 Å². The van der Waals surface area contributed by atoms with Gasteiger partial charge in [0.05, 0.1) is 27.3 Å². The number of halogens is 2. The number of thioether (sulfide) groups is 1. The van der Waals surface area contributed by atoms with E-state index in [2.05, 4.69) is 15.9 Å². The SMILES string of the molecule is N=C(S[C@@H]1CC(=O)N(c2ccccc2Cl)C1=O)N1N=C(c2cccs2)C[C@@H]1c1ccc(Br)cc1. The van der Waals surface area contributed by atoms with E-state index in [1.807, 2.05) is 41.8 Å². The smallest absolute Gasteiger partial charge is 0.247 e. The van der Waals surface area contributed by atoms with Gasteiger partial charge in [0.2, 0.25) is 11.8 Å². The molecule has 6 nitrogen and oxygen atoms in total. The van der Waals surface area contributed by atoms with E-state index >= 15 is 0 Å². The van der Waals surface area contributed by atoms with Crippen LogP contribution in [0.2, 0.25) is 5.02 Å². The third kappa shape index (κ3) is 4.45. The number of anilines is 1. The Morgan fingerprint density at radius 1 is 1.09 bits per heavy atom. The summed E-state index contributed by atoms with van der Waals surface area (Å²) in [5.74, 6) is -0.688. The predicted octanol–water partition coefficient (Wildman–Crippen LogP) is 6.32. The molecule has 1 aromatic heterocycles. The molecule has 1 N–H and O–H groups in total. The number of hydrogen-bond donors (Lipinski definition) is 1. The molecule has 1 fully saturated rings. The van der Waals surface area contributed by atoms with Crippen molar-refractivity contribution in [3.05, 3.63) is 86.0 Å². The van der Waals surface area contributed by atoms with Crippen molar-refractivity contribution in [1.82, 2.24) is 5.01 Å². The van der Waals surface area contributed by atoms with Gasteiger partial charge in [-0.05, 0) is 41.3 Å². The van der Waals surface area contributed by atoms with Crippen molar-refractivity contribution in [1.29, 1.82) is 5.41 Å². The zero-order valence-corrected chi connectivity index (χ0v) is 21.6. The molecular formula is C24H18BrClN4O2S2. The van der Waals surface area contributed by atoms with Crippen LogP contribution in [-0.4, -0.2) is 33.0 Å². The summed E-state index contributed by atoms with van der Waals surface area (Å²) in [4.78, 5) is 28.0. The second-order valence-corrected chi connectivity index (χ2v) is 11.2. The predicted molar refractivity (Wildman–Crippen MR) is 142 cm³/mol. The Labute approximate surface area is 218 Å². The first kappa shape index (κ1) is 23.3. The molecule has 2 aliphatic rings. The number of carbonyl (C=O) groups is 2. The van der Waals surface area contributed by atoms with Crippen LogP contribution < -0.4 is 4.90 Å². The number of nitrogens with one attached hydrogen (secondary N) is 1. The summed E-state index contributed by atoms with van der Waals surface area (Å²) < 4.78 is 0.972. The van der Waals surface area contributed by atoms with Gasteiger partial charge in [-0.1, -0.05) is 69.6 Å². The van der Waals surface area contributed by atoms with Gasteiger partial charge in [0.15, 0.2) is 5.17 Å². The topological polar surface area (TPSA) is 76.8 Å². The number of amides is 2. The van der Waals surface area contributed by atoms with E-state index in [1.165, 1.54) is 0 Å².